The minimum absolute atomic E-state index is 0.0171. The van der Waals surface area contributed by atoms with Crippen molar-refractivity contribution in [1.82, 2.24) is 30.2 Å². The number of likely N-dealkylation sites (N-methyl/N-ethyl adjacent to an activating group) is 1. The van der Waals surface area contributed by atoms with E-state index in [0.29, 0.717) is 29.9 Å². The molecule has 1 aromatic carbocycles. The highest BCUT2D eigenvalue weighted by atomic mass is 16.3. The van der Waals surface area contributed by atoms with Gasteiger partial charge in [0.2, 0.25) is 5.78 Å². The van der Waals surface area contributed by atoms with Crippen LogP contribution in [0.15, 0.2) is 53.3 Å². The molecule has 6 rings (SSSR count). The van der Waals surface area contributed by atoms with E-state index in [2.05, 4.69) is 20.4 Å². The number of nitrogens with zero attached hydrogens (tertiary/aromatic N) is 5. The number of nitrogens with one attached hydrogen (secondary N) is 2. The minimum atomic E-state index is -2.70. The second-order valence-electron chi connectivity index (χ2n) is 12.9. The molecule has 0 saturated heterocycles. The number of aliphatic hydroxyl groups excluding tert-OH is 2. The second-order valence-corrected chi connectivity index (χ2v) is 12.9. The maximum atomic E-state index is 14.4. The normalized spacial score (nSPS) is 24.1. The number of carbonyl (C=O) groups is 3. The summed E-state index contributed by atoms with van der Waals surface area (Å²) in [4.78, 5) is 45.7. The lowest BCUT2D eigenvalue weighted by Gasteiger charge is -2.50. The van der Waals surface area contributed by atoms with Crippen LogP contribution in [0.25, 0.3) is 0 Å². The Morgan fingerprint density at radius 1 is 1.02 bits per heavy atom. The largest absolute Gasteiger partial charge is 0.510 e. The number of Topliss-reactive ketones (excluding diaryl/α,β-unsaturated/α-hetero) is 2. The van der Waals surface area contributed by atoms with E-state index >= 15 is 0 Å². The first-order valence-electron chi connectivity index (χ1n) is 15.1. The van der Waals surface area contributed by atoms with Gasteiger partial charge < -0.3 is 31.1 Å². The number of benzene rings is 1. The van der Waals surface area contributed by atoms with E-state index in [1.54, 1.807) is 26.5 Å². The molecule has 2 aromatic heterocycles. The van der Waals surface area contributed by atoms with Gasteiger partial charge in [0.1, 0.15) is 22.8 Å². The molecule has 4 atom stereocenters. The second kappa shape index (κ2) is 11.7. The van der Waals surface area contributed by atoms with Gasteiger partial charge in [-0.05, 0) is 56.6 Å². The van der Waals surface area contributed by atoms with Gasteiger partial charge in [-0.25, -0.2) is 0 Å². The van der Waals surface area contributed by atoms with Crippen molar-refractivity contribution < 1.29 is 34.8 Å². The molecule has 15 nitrogen and oxygen atoms in total. The monoisotopic (exact) mass is 646 g/mol. The van der Waals surface area contributed by atoms with E-state index in [-0.39, 0.29) is 36.3 Å². The highest BCUT2D eigenvalue weighted by Crippen LogP contribution is 2.53. The highest BCUT2D eigenvalue weighted by molar-refractivity contribution is 6.25. The number of H-pyrrole nitrogens is 2. The van der Waals surface area contributed by atoms with E-state index in [1.807, 2.05) is 42.1 Å². The number of aromatic hydroxyl groups is 1. The zero-order valence-electron chi connectivity index (χ0n) is 26.5. The van der Waals surface area contributed by atoms with E-state index in [1.165, 1.54) is 4.90 Å². The molecule has 0 saturated carbocycles. The number of aliphatic hydroxyl groups is 3. The van der Waals surface area contributed by atoms with Crippen LogP contribution in [0.4, 0.5) is 5.69 Å². The molecule has 3 aliphatic carbocycles. The Bertz CT molecular complexity index is 1780. The predicted molar refractivity (Wildman–Crippen MR) is 168 cm³/mol. The summed E-state index contributed by atoms with van der Waals surface area (Å²) in [7, 11) is 6.84. The third-order valence-electron chi connectivity index (χ3n) is 9.56. The van der Waals surface area contributed by atoms with Crippen molar-refractivity contribution in [2.75, 3.05) is 33.1 Å². The fourth-order valence-electron chi connectivity index (χ4n) is 7.51. The Balaban J connectivity index is 1.46. The quantitative estimate of drug-likeness (QED) is 0.161. The number of phenolic OH excluding ortho intramolecular Hbond substituents is 1. The van der Waals surface area contributed by atoms with E-state index in [9.17, 15) is 34.8 Å². The number of rotatable bonds is 9. The van der Waals surface area contributed by atoms with Gasteiger partial charge in [0.05, 0.1) is 11.6 Å². The first-order valence-corrected chi connectivity index (χ1v) is 15.1. The van der Waals surface area contributed by atoms with Gasteiger partial charge in [-0.15, -0.1) is 0 Å². The number of fused-ring (bicyclic) bond motifs is 3. The molecule has 0 spiro atoms. The number of phenols is 1. The van der Waals surface area contributed by atoms with Crippen molar-refractivity contribution in [2.24, 2.45) is 17.6 Å². The van der Waals surface area contributed by atoms with Gasteiger partial charge in [-0.2, -0.15) is 10.2 Å². The van der Waals surface area contributed by atoms with Crippen LogP contribution in [-0.4, -0.2) is 108 Å². The van der Waals surface area contributed by atoms with E-state index in [0.717, 1.165) is 11.4 Å². The summed E-state index contributed by atoms with van der Waals surface area (Å²) >= 11 is 0. The zero-order chi connectivity index (χ0) is 33.9. The van der Waals surface area contributed by atoms with Gasteiger partial charge in [0, 0.05) is 80.3 Å². The summed E-state index contributed by atoms with van der Waals surface area (Å²) in [6.45, 7) is 1.07. The van der Waals surface area contributed by atoms with Crippen molar-refractivity contribution in [2.45, 2.75) is 44.1 Å². The van der Waals surface area contributed by atoms with Crippen LogP contribution in [-0.2, 0) is 35.6 Å². The van der Waals surface area contributed by atoms with Crippen molar-refractivity contribution >= 4 is 23.2 Å². The van der Waals surface area contributed by atoms with E-state index in [4.69, 9.17) is 5.73 Å². The molecule has 8 N–H and O–H groups in total. The highest BCUT2D eigenvalue weighted by Gasteiger charge is 2.63. The standard InChI is InChI=1S/C32H38N8O7/c1-38(2)21-11-16(12-40(13-17-5-7-34-36-17)14-18-6-8-35-37-18)26(41)23-19(21)9-15-10-20-25(39(3)4)28(43)24(31(33)46)30(45)32(20,47)29(44)22(15)27(23)42/h5-8,11,15,20,25,41,43-44,47H,9-10,12-14H2,1-4H3,(H2,33,46)(H,34,36)(H,35,37)/t15-,20-,25-,32-/m0/s1. The summed E-state index contributed by atoms with van der Waals surface area (Å²) in [5.74, 6) is -6.80. The van der Waals surface area contributed by atoms with Crippen LogP contribution in [0.5, 0.6) is 5.75 Å². The zero-order valence-corrected chi connectivity index (χ0v) is 26.5. The minimum Gasteiger partial charge on any atom is -0.510 e. The summed E-state index contributed by atoms with van der Waals surface area (Å²) in [5, 5.41) is 60.3. The number of hydrogen-bond donors (Lipinski definition) is 7. The number of anilines is 1. The van der Waals surface area contributed by atoms with Crippen LogP contribution < -0.4 is 10.6 Å². The topological polar surface area (TPSA) is 225 Å². The molecule has 0 radical (unpaired) electrons. The Labute approximate surface area is 270 Å². The van der Waals surface area contributed by atoms with Crippen LogP contribution >= 0.6 is 0 Å². The number of allylic oxidation sites excluding steroid dienone is 1. The van der Waals surface area contributed by atoms with Crippen molar-refractivity contribution in [1.29, 1.82) is 0 Å². The number of ketones is 2. The Kier molecular flexibility index (Phi) is 7.94. The lowest BCUT2D eigenvalue weighted by atomic mass is 9.58. The SMILES string of the molecule is CN(C)c1cc(CN(Cc2ccn[nH]2)Cc2ccn[nH]2)c(O)c2c1C[C@H]1C[C@H]3[C@H](N(C)C)C(O)=C(C(N)=O)C(=O)[C@@]3(O)C(O)=C1C2=O. The van der Waals surface area contributed by atoms with Crippen LogP contribution in [0, 0.1) is 11.8 Å². The fraction of sp³-hybridized carbons (Fsp3) is 0.406. The molecular formula is C32H38N8O7. The first kappa shape index (κ1) is 32.0. The average Bonchev–Trinajstić information content (AvgIpc) is 3.70. The van der Waals surface area contributed by atoms with Crippen LogP contribution in [0.2, 0.25) is 0 Å². The van der Waals surface area contributed by atoms with Crippen molar-refractivity contribution in [3.63, 3.8) is 0 Å². The number of hydrogen-bond acceptors (Lipinski definition) is 12. The first-order chi connectivity index (χ1) is 22.2. The summed E-state index contributed by atoms with van der Waals surface area (Å²) < 4.78 is 0. The molecular weight excluding hydrogens is 608 g/mol. The lowest BCUT2D eigenvalue weighted by molar-refractivity contribution is -0.148. The summed E-state index contributed by atoms with van der Waals surface area (Å²) in [5.41, 5.74) is 5.01. The molecule has 1 amide bonds. The molecule has 248 valence electrons. The molecule has 0 fully saturated rings. The summed E-state index contributed by atoms with van der Waals surface area (Å²) in [6, 6.07) is 4.45. The van der Waals surface area contributed by atoms with Gasteiger partial charge in [-0.3, -0.25) is 34.4 Å². The van der Waals surface area contributed by atoms with Gasteiger partial charge in [0.25, 0.3) is 5.91 Å². The molecule has 0 unspecified atom stereocenters. The van der Waals surface area contributed by atoms with Gasteiger partial charge >= 0.3 is 0 Å². The Morgan fingerprint density at radius 3 is 2.15 bits per heavy atom. The van der Waals surface area contributed by atoms with Crippen LogP contribution in [0.1, 0.15) is 39.3 Å². The Morgan fingerprint density at radius 2 is 1.64 bits per heavy atom. The van der Waals surface area contributed by atoms with Crippen molar-refractivity contribution in [3.8, 4) is 5.75 Å². The number of nitrogens with two attached hydrogens (primary N) is 1. The predicted octanol–water partition coefficient (Wildman–Crippen LogP) is 0.835. The number of amides is 1. The number of primary amides is 1. The maximum absolute atomic E-state index is 14.4. The molecule has 15 heteroatoms. The lowest BCUT2D eigenvalue weighted by Crippen LogP contribution is -2.63. The molecule has 2 heterocycles. The van der Waals surface area contributed by atoms with Crippen LogP contribution in [0.3, 0.4) is 0 Å². The average molecular weight is 647 g/mol. The third-order valence-corrected chi connectivity index (χ3v) is 9.56. The number of aromatic nitrogens is 4. The fourth-order valence-corrected chi connectivity index (χ4v) is 7.51. The molecule has 47 heavy (non-hydrogen) atoms. The molecule has 0 aliphatic heterocycles. The van der Waals surface area contributed by atoms with Gasteiger partial charge in [0.15, 0.2) is 11.4 Å². The number of carbonyl (C=O) groups excluding carboxylic acids is 3. The summed E-state index contributed by atoms with van der Waals surface area (Å²) in [6.07, 6.45) is 3.50. The smallest absolute Gasteiger partial charge is 0.255 e. The van der Waals surface area contributed by atoms with E-state index < -0.39 is 58.0 Å². The van der Waals surface area contributed by atoms with Crippen molar-refractivity contribution in [3.05, 3.63) is 81.3 Å². The third kappa shape index (κ3) is 5.06. The molecule has 3 aliphatic rings. The molecule has 3 aromatic rings. The maximum Gasteiger partial charge on any atom is 0.255 e. The Hall–Kier alpha value is -4.99. The number of aromatic amines is 2. The van der Waals surface area contributed by atoms with Gasteiger partial charge in [-0.1, -0.05) is 0 Å². The molecule has 0 bridgehead atoms.